The molecule has 3 heterocycles. The highest BCUT2D eigenvalue weighted by atomic mass is 16.5. The zero-order chi connectivity index (χ0) is 22.8. The van der Waals surface area contributed by atoms with Crippen molar-refractivity contribution in [3.63, 3.8) is 0 Å². The van der Waals surface area contributed by atoms with Crippen LogP contribution in [0.4, 0.5) is 5.82 Å². The number of aromatic nitrogens is 4. The maximum absolute atomic E-state index is 11.1. The van der Waals surface area contributed by atoms with Crippen molar-refractivity contribution < 1.29 is 9.53 Å². The van der Waals surface area contributed by atoms with Gasteiger partial charge in [-0.3, -0.25) is 9.78 Å². The summed E-state index contributed by atoms with van der Waals surface area (Å²) in [4.78, 5) is 28.7. The molecule has 0 amide bonds. The van der Waals surface area contributed by atoms with E-state index < -0.39 is 0 Å². The van der Waals surface area contributed by atoms with Crippen LogP contribution in [0, 0.1) is 0 Å². The first-order valence-corrected chi connectivity index (χ1v) is 10.6. The molecule has 4 rings (SSSR count). The third kappa shape index (κ3) is 5.08. The molecule has 8 heteroatoms. The smallest absolute Gasteiger partial charge is 0.298 e. The van der Waals surface area contributed by atoms with Crippen molar-refractivity contribution >= 4 is 12.3 Å². The van der Waals surface area contributed by atoms with Gasteiger partial charge < -0.3 is 15.4 Å². The normalized spacial score (nSPS) is 17.5. The lowest BCUT2D eigenvalue weighted by atomic mass is 9.79. The minimum Gasteiger partial charge on any atom is -0.428 e. The number of anilines is 1. The van der Waals surface area contributed by atoms with Crippen molar-refractivity contribution in [3.8, 4) is 28.4 Å². The Morgan fingerprint density at radius 1 is 1.03 bits per heavy atom. The van der Waals surface area contributed by atoms with E-state index in [4.69, 9.17) is 4.74 Å². The van der Waals surface area contributed by atoms with Crippen LogP contribution in [-0.2, 0) is 4.79 Å². The lowest BCUT2D eigenvalue weighted by Crippen LogP contribution is -2.60. The molecule has 1 saturated heterocycles. The summed E-state index contributed by atoms with van der Waals surface area (Å²) in [6.07, 6.45) is 8.71. The Morgan fingerprint density at radius 2 is 1.75 bits per heavy atom. The largest absolute Gasteiger partial charge is 0.428 e. The summed E-state index contributed by atoms with van der Waals surface area (Å²) in [5, 5.41) is 7.21. The second kappa shape index (κ2) is 8.63. The maximum Gasteiger partial charge on any atom is 0.298 e. The molecule has 0 saturated carbocycles. The van der Waals surface area contributed by atoms with E-state index in [-0.39, 0.29) is 11.1 Å². The lowest BCUT2D eigenvalue weighted by molar-refractivity contribution is -0.120. The first-order chi connectivity index (χ1) is 15.2. The summed E-state index contributed by atoms with van der Waals surface area (Å²) in [6, 6.07) is 7.47. The Bertz CT molecular complexity index is 1070. The fraction of sp³-hybridized carbons (Fsp3) is 0.375. The van der Waals surface area contributed by atoms with E-state index in [0.29, 0.717) is 35.3 Å². The monoisotopic (exact) mass is 432 g/mol. The van der Waals surface area contributed by atoms with Crippen LogP contribution in [0.15, 0.2) is 49.1 Å². The second-order valence-corrected chi connectivity index (χ2v) is 9.43. The number of hydrogen-bond donors (Lipinski definition) is 2. The maximum atomic E-state index is 11.1. The number of nitrogens with one attached hydrogen (secondary N) is 2. The summed E-state index contributed by atoms with van der Waals surface area (Å²) >= 11 is 0. The van der Waals surface area contributed by atoms with Gasteiger partial charge in [-0.1, -0.05) is 6.07 Å². The van der Waals surface area contributed by atoms with Crippen LogP contribution in [0.25, 0.3) is 22.6 Å². The van der Waals surface area contributed by atoms with Crippen molar-refractivity contribution in [2.24, 2.45) is 0 Å². The highest BCUT2D eigenvalue weighted by Crippen LogP contribution is 2.33. The average Bonchev–Trinajstić information content (AvgIpc) is 2.73. The van der Waals surface area contributed by atoms with Crippen LogP contribution >= 0.6 is 0 Å². The Hall–Kier alpha value is -3.39. The van der Waals surface area contributed by atoms with Crippen LogP contribution in [0.5, 0.6) is 5.75 Å². The highest BCUT2D eigenvalue weighted by molar-refractivity contribution is 5.74. The van der Waals surface area contributed by atoms with E-state index in [1.807, 2.05) is 12.1 Å². The zero-order valence-corrected chi connectivity index (χ0v) is 18.8. The second-order valence-electron chi connectivity index (χ2n) is 9.43. The van der Waals surface area contributed by atoms with Crippen molar-refractivity contribution in [2.75, 3.05) is 5.32 Å². The Balaban J connectivity index is 1.55. The van der Waals surface area contributed by atoms with Gasteiger partial charge in [0.05, 0.1) is 18.1 Å². The van der Waals surface area contributed by atoms with E-state index in [1.54, 1.807) is 36.9 Å². The molecule has 2 aromatic heterocycles. The molecule has 1 aromatic carbocycles. The first-order valence-electron chi connectivity index (χ1n) is 10.6. The highest BCUT2D eigenvalue weighted by Gasteiger charge is 2.37. The molecule has 1 aliphatic heterocycles. The summed E-state index contributed by atoms with van der Waals surface area (Å²) < 4.78 is 5.22. The number of carbonyl (C=O) groups excluding carboxylic acids is 1. The quantitative estimate of drug-likeness (QED) is 0.566. The predicted octanol–water partition coefficient (Wildman–Crippen LogP) is 3.86. The number of carbonyl (C=O) groups is 1. The van der Waals surface area contributed by atoms with Gasteiger partial charge in [0.1, 0.15) is 11.6 Å². The fourth-order valence-corrected chi connectivity index (χ4v) is 4.65. The molecular weight excluding hydrogens is 404 g/mol. The van der Waals surface area contributed by atoms with Crippen LogP contribution in [0.1, 0.15) is 40.5 Å². The lowest BCUT2D eigenvalue weighted by Gasteiger charge is -2.46. The molecule has 32 heavy (non-hydrogen) atoms. The van der Waals surface area contributed by atoms with Crippen LogP contribution in [-0.4, -0.2) is 43.5 Å². The van der Waals surface area contributed by atoms with Gasteiger partial charge in [0.15, 0.2) is 5.82 Å². The molecule has 0 aliphatic carbocycles. The van der Waals surface area contributed by atoms with Gasteiger partial charge in [-0.2, -0.15) is 0 Å². The third-order valence-corrected chi connectivity index (χ3v) is 5.45. The summed E-state index contributed by atoms with van der Waals surface area (Å²) in [5.41, 5.74) is 2.10. The first kappa shape index (κ1) is 21.8. The van der Waals surface area contributed by atoms with Crippen LogP contribution in [0.3, 0.4) is 0 Å². The minimum atomic E-state index is 0.0398. The number of benzene rings is 1. The van der Waals surface area contributed by atoms with Gasteiger partial charge in [0, 0.05) is 40.6 Å². The molecule has 166 valence electrons. The molecule has 1 fully saturated rings. The summed E-state index contributed by atoms with van der Waals surface area (Å²) in [7, 11) is 0. The number of rotatable bonds is 6. The molecule has 3 aromatic rings. The molecule has 0 bridgehead atoms. The van der Waals surface area contributed by atoms with Gasteiger partial charge in [0.2, 0.25) is 0 Å². The molecule has 0 radical (unpaired) electrons. The third-order valence-electron chi connectivity index (χ3n) is 5.45. The number of piperidine rings is 1. The van der Waals surface area contributed by atoms with Gasteiger partial charge in [0.25, 0.3) is 6.47 Å². The fourth-order valence-electron chi connectivity index (χ4n) is 4.65. The van der Waals surface area contributed by atoms with E-state index in [2.05, 4.69) is 58.3 Å². The molecule has 2 N–H and O–H groups in total. The average molecular weight is 433 g/mol. The molecule has 0 unspecified atom stereocenters. The molecule has 0 atom stereocenters. The zero-order valence-electron chi connectivity index (χ0n) is 18.8. The predicted molar refractivity (Wildman–Crippen MR) is 123 cm³/mol. The molecule has 8 nitrogen and oxygen atoms in total. The van der Waals surface area contributed by atoms with E-state index >= 15 is 0 Å². The van der Waals surface area contributed by atoms with Crippen molar-refractivity contribution in [1.82, 2.24) is 25.3 Å². The topological polar surface area (TPSA) is 102 Å². The van der Waals surface area contributed by atoms with Crippen molar-refractivity contribution in [3.05, 3.63) is 49.1 Å². The summed E-state index contributed by atoms with van der Waals surface area (Å²) in [6.45, 7) is 9.27. The van der Waals surface area contributed by atoms with E-state index in [0.717, 1.165) is 24.2 Å². The van der Waals surface area contributed by atoms with E-state index in [9.17, 15) is 4.79 Å². The molecular formula is C24H28N6O2. The van der Waals surface area contributed by atoms with Crippen LogP contribution in [0.2, 0.25) is 0 Å². The molecule has 0 spiro atoms. The van der Waals surface area contributed by atoms with Gasteiger partial charge in [-0.25, -0.2) is 15.0 Å². The van der Waals surface area contributed by atoms with Crippen molar-refractivity contribution in [1.29, 1.82) is 0 Å². The minimum absolute atomic E-state index is 0.0398. The SMILES string of the molecule is CC1(C)CC(Nc2cnc(-c3ccc(-c4ncccn4)cc3OC=O)cn2)CC(C)(C)N1. The van der Waals surface area contributed by atoms with E-state index in [1.165, 1.54) is 0 Å². The van der Waals surface area contributed by atoms with Gasteiger partial charge in [-0.15, -0.1) is 0 Å². The Labute approximate surface area is 187 Å². The Kier molecular flexibility index (Phi) is 5.88. The molecule has 1 aliphatic rings. The van der Waals surface area contributed by atoms with Crippen molar-refractivity contribution in [2.45, 2.75) is 57.7 Å². The van der Waals surface area contributed by atoms with Gasteiger partial charge >= 0.3 is 0 Å². The van der Waals surface area contributed by atoms with Crippen LogP contribution < -0.4 is 15.4 Å². The Morgan fingerprint density at radius 3 is 2.38 bits per heavy atom. The number of nitrogens with zero attached hydrogens (tertiary/aromatic N) is 4. The van der Waals surface area contributed by atoms with Gasteiger partial charge in [-0.05, 0) is 58.7 Å². The number of hydrogen-bond acceptors (Lipinski definition) is 8. The number of ether oxygens (including phenoxy) is 1. The summed E-state index contributed by atoms with van der Waals surface area (Å²) in [5.74, 6) is 1.65. The standard InChI is InChI=1S/C24H28N6O2/c1-23(2)11-17(12-24(3,4)30-23)29-21-14-27-19(13-28-21)18-7-6-16(10-20(18)32-15-31)22-25-8-5-9-26-22/h5-10,13-15,17,30H,11-12H2,1-4H3,(H,28,29).